The first-order chi connectivity index (χ1) is 7.49. The molecule has 5 heteroatoms. The van der Waals surface area contributed by atoms with Crippen molar-refractivity contribution < 1.29 is 14.6 Å². The summed E-state index contributed by atoms with van der Waals surface area (Å²) in [5.41, 5.74) is 0.912. The molecule has 2 unspecified atom stereocenters. The Balaban J connectivity index is 3.07. The summed E-state index contributed by atoms with van der Waals surface area (Å²) in [5.74, 6) is -0.528. The molecule has 3 nitrogen and oxygen atoms in total. The number of halogens is 2. The van der Waals surface area contributed by atoms with Crippen LogP contribution in [0.15, 0.2) is 16.6 Å². The fourth-order valence-electron chi connectivity index (χ4n) is 1.46. The van der Waals surface area contributed by atoms with Gasteiger partial charge in [-0.05, 0) is 25.6 Å². The SMILES string of the molecule is CNCC(O)C(O)c1c(F)ccc(C)c1Br. The number of rotatable bonds is 4. The Hall–Kier alpha value is -0.490. The number of aliphatic hydroxyl groups is 2. The van der Waals surface area contributed by atoms with Crippen LogP contribution in [0.5, 0.6) is 0 Å². The zero-order chi connectivity index (χ0) is 12.3. The van der Waals surface area contributed by atoms with Gasteiger partial charge >= 0.3 is 0 Å². The maximum Gasteiger partial charge on any atom is 0.130 e. The molecule has 0 fully saturated rings. The van der Waals surface area contributed by atoms with Crippen LogP contribution in [-0.4, -0.2) is 29.9 Å². The van der Waals surface area contributed by atoms with Crippen LogP contribution in [0, 0.1) is 12.7 Å². The van der Waals surface area contributed by atoms with Crippen molar-refractivity contribution in [1.29, 1.82) is 0 Å². The van der Waals surface area contributed by atoms with Gasteiger partial charge in [0.05, 0.1) is 6.10 Å². The van der Waals surface area contributed by atoms with Crippen LogP contribution in [0.25, 0.3) is 0 Å². The van der Waals surface area contributed by atoms with E-state index in [1.54, 1.807) is 20.0 Å². The van der Waals surface area contributed by atoms with Crippen LogP contribution < -0.4 is 5.32 Å². The summed E-state index contributed by atoms with van der Waals surface area (Å²) in [4.78, 5) is 0. The molecule has 16 heavy (non-hydrogen) atoms. The van der Waals surface area contributed by atoms with E-state index in [4.69, 9.17) is 0 Å². The average molecular weight is 292 g/mol. The molecule has 1 aromatic rings. The second-order valence-corrected chi connectivity index (χ2v) is 4.45. The molecule has 0 saturated heterocycles. The van der Waals surface area contributed by atoms with E-state index in [0.29, 0.717) is 4.47 Å². The highest BCUT2D eigenvalue weighted by Gasteiger charge is 2.24. The minimum absolute atomic E-state index is 0.0998. The summed E-state index contributed by atoms with van der Waals surface area (Å²) in [5, 5.41) is 22.2. The van der Waals surface area contributed by atoms with Gasteiger partial charge < -0.3 is 15.5 Å². The van der Waals surface area contributed by atoms with Gasteiger partial charge in [-0.3, -0.25) is 0 Å². The molecular formula is C11H15BrFNO2. The molecule has 0 heterocycles. The highest BCUT2D eigenvalue weighted by molar-refractivity contribution is 9.10. The standard InChI is InChI=1S/C11H15BrFNO2/c1-6-3-4-7(13)9(10(6)12)11(16)8(15)5-14-2/h3-4,8,11,14-16H,5H2,1-2H3. The Labute approximate surface area is 102 Å². The van der Waals surface area contributed by atoms with E-state index in [0.717, 1.165) is 5.56 Å². The normalized spacial score (nSPS) is 14.9. The molecule has 0 aliphatic heterocycles. The lowest BCUT2D eigenvalue weighted by molar-refractivity contribution is 0.0176. The number of benzene rings is 1. The van der Waals surface area contributed by atoms with E-state index >= 15 is 0 Å². The van der Waals surface area contributed by atoms with Crippen molar-refractivity contribution >= 4 is 15.9 Å². The van der Waals surface area contributed by atoms with Crippen LogP contribution in [0.1, 0.15) is 17.2 Å². The summed E-state index contributed by atoms with van der Waals surface area (Å²) in [7, 11) is 1.65. The zero-order valence-electron chi connectivity index (χ0n) is 9.17. The Kier molecular flexibility index (Phi) is 4.86. The lowest BCUT2D eigenvalue weighted by atomic mass is 10.0. The summed E-state index contributed by atoms with van der Waals surface area (Å²) >= 11 is 3.22. The van der Waals surface area contributed by atoms with Crippen molar-refractivity contribution in [3.63, 3.8) is 0 Å². The minimum atomic E-state index is -1.25. The number of aryl methyl sites for hydroxylation is 1. The summed E-state index contributed by atoms with van der Waals surface area (Å²) in [6.07, 6.45) is -2.29. The molecule has 0 spiro atoms. The molecule has 0 aliphatic rings. The van der Waals surface area contributed by atoms with Crippen molar-refractivity contribution in [2.75, 3.05) is 13.6 Å². The first-order valence-corrected chi connectivity index (χ1v) is 5.73. The molecule has 0 bridgehead atoms. The van der Waals surface area contributed by atoms with E-state index in [-0.39, 0.29) is 12.1 Å². The van der Waals surface area contributed by atoms with E-state index in [9.17, 15) is 14.6 Å². The monoisotopic (exact) mass is 291 g/mol. The third-order valence-electron chi connectivity index (χ3n) is 2.39. The molecule has 0 aliphatic carbocycles. The van der Waals surface area contributed by atoms with Gasteiger partial charge in [0, 0.05) is 16.6 Å². The molecule has 0 radical (unpaired) electrons. The van der Waals surface area contributed by atoms with Crippen LogP contribution in [0.2, 0.25) is 0 Å². The first kappa shape index (κ1) is 13.6. The van der Waals surface area contributed by atoms with E-state index in [2.05, 4.69) is 21.2 Å². The fraction of sp³-hybridized carbons (Fsp3) is 0.455. The quantitative estimate of drug-likeness (QED) is 0.788. The van der Waals surface area contributed by atoms with Crippen LogP contribution in [-0.2, 0) is 0 Å². The van der Waals surface area contributed by atoms with Crippen molar-refractivity contribution in [1.82, 2.24) is 5.32 Å². The van der Waals surface area contributed by atoms with Gasteiger partial charge in [-0.15, -0.1) is 0 Å². The summed E-state index contributed by atoms with van der Waals surface area (Å²) in [6, 6.07) is 2.89. The van der Waals surface area contributed by atoms with Gasteiger partial charge in [-0.25, -0.2) is 4.39 Å². The molecule has 1 aromatic carbocycles. The molecule has 0 amide bonds. The first-order valence-electron chi connectivity index (χ1n) is 4.94. The molecule has 0 aromatic heterocycles. The Morgan fingerprint density at radius 2 is 2.06 bits per heavy atom. The third-order valence-corrected chi connectivity index (χ3v) is 3.45. The highest BCUT2D eigenvalue weighted by Crippen LogP contribution is 2.30. The number of likely N-dealkylation sites (N-methyl/N-ethyl adjacent to an activating group) is 1. The van der Waals surface area contributed by atoms with Crippen molar-refractivity contribution in [2.24, 2.45) is 0 Å². The van der Waals surface area contributed by atoms with Crippen LogP contribution >= 0.6 is 15.9 Å². The lowest BCUT2D eigenvalue weighted by Crippen LogP contribution is -2.30. The smallest absolute Gasteiger partial charge is 0.130 e. The zero-order valence-corrected chi connectivity index (χ0v) is 10.8. The van der Waals surface area contributed by atoms with Gasteiger partial charge in [0.25, 0.3) is 0 Å². The van der Waals surface area contributed by atoms with Crippen LogP contribution in [0.4, 0.5) is 4.39 Å². The fourth-order valence-corrected chi connectivity index (χ4v) is 2.02. The van der Waals surface area contributed by atoms with Crippen molar-refractivity contribution in [3.05, 3.63) is 33.5 Å². The number of aliphatic hydroxyl groups excluding tert-OH is 2. The van der Waals surface area contributed by atoms with Crippen molar-refractivity contribution in [3.8, 4) is 0 Å². The average Bonchev–Trinajstić information content (AvgIpc) is 2.24. The van der Waals surface area contributed by atoms with E-state index in [1.165, 1.54) is 6.07 Å². The predicted octanol–water partition coefficient (Wildman–Crippen LogP) is 1.51. The van der Waals surface area contributed by atoms with Crippen LogP contribution in [0.3, 0.4) is 0 Å². The molecule has 90 valence electrons. The Bertz CT molecular complexity index is 373. The maximum atomic E-state index is 13.6. The number of nitrogens with one attached hydrogen (secondary N) is 1. The maximum absolute atomic E-state index is 13.6. The van der Waals surface area contributed by atoms with E-state index < -0.39 is 18.0 Å². The van der Waals surface area contributed by atoms with Gasteiger partial charge in [-0.1, -0.05) is 22.0 Å². The van der Waals surface area contributed by atoms with Gasteiger partial charge in [-0.2, -0.15) is 0 Å². The van der Waals surface area contributed by atoms with Gasteiger partial charge in [0.1, 0.15) is 11.9 Å². The highest BCUT2D eigenvalue weighted by atomic mass is 79.9. The molecule has 0 saturated carbocycles. The summed E-state index contributed by atoms with van der Waals surface area (Å²) in [6.45, 7) is 1.99. The molecule has 1 rings (SSSR count). The molecule has 3 N–H and O–H groups in total. The van der Waals surface area contributed by atoms with Gasteiger partial charge in [0.2, 0.25) is 0 Å². The second-order valence-electron chi connectivity index (χ2n) is 3.66. The predicted molar refractivity (Wildman–Crippen MR) is 63.7 cm³/mol. The Morgan fingerprint density at radius 1 is 1.44 bits per heavy atom. The number of hydrogen-bond acceptors (Lipinski definition) is 3. The molecule has 2 atom stereocenters. The number of hydrogen-bond donors (Lipinski definition) is 3. The lowest BCUT2D eigenvalue weighted by Gasteiger charge is -2.20. The van der Waals surface area contributed by atoms with Gasteiger partial charge in [0.15, 0.2) is 0 Å². The second kappa shape index (κ2) is 5.72. The largest absolute Gasteiger partial charge is 0.389 e. The van der Waals surface area contributed by atoms with Crippen molar-refractivity contribution in [2.45, 2.75) is 19.1 Å². The third kappa shape index (κ3) is 2.79. The minimum Gasteiger partial charge on any atom is -0.389 e. The Morgan fingerprint density at radius 3 is 2.62 bits per heavy atom. The topological polar surface area (TPSA) is 52.5 Å². The molecular weight excluding hydrogens is 277 g/mol. The van der Waals surface area contributed by atoms with E-state index in [1.807, 2.05) is 0 Å². The summed E-state index contributed by atoms with van der Waals surface area (Å²) < 4.78 is 14.1.